The lowest BCUT2D eigenvalue weighted by atomic mass is 10.2. The van der Waals surface area contributed by atoms with Crippen LogP contribution in [0, 0.1) is 0 Å². The summed E-state index contributed by atoms with van der Waals surface area (Å²) in [6.07, 6.45) is -2.62. The van der Waals surface area contributed by atoms with Crippen molar-refractivity contribution in [1.29, 1.82) is 0 Å². The van der Waals surface area contributed by atoms with Crippen LogP contribution in [0.3, 0.4) is 0 Å². The van der Waals surface area contributed by atoms with Crippen LogP contribution in [-0.4, -0.2) is 43.7 Å². The van der Waals surface area contributed by atoms with Crippen LogP contribution in [0.1, 0.15) is 6.92 Å². The first-order valence-electron chi connectivity index (χ1n) is 4.12. The van der Waals surface area contributed by atoms with Crippen LogP contribution in [-0.2, 0) is 14.3 Å². The zero-order valence-electron chi connectivity index (χ0n) is 8.65. The second-order valence-electron chi connectivity index (χ2n) is 2.60. The van der Waals surface area contributed by atoms with Crippen molar-refractivity contribution in [1.82, 2.24) is 0 Å². The van der Waals surface area contributed by atoms with Gasteiger partial charge in [0.1, 0.15) is 7.11 Å². The van der Waals surface area contributed by atoms with Gasteiger partial charge in [-0.25, -0.2) is 9.18 Å². The standard InChI is InChI=1S/C8H13BrFNO4/c1-5(9)7(15-8(12)13-2)6(10)4-11-14-3/h4-7H,1-3H3/b11-4+/t5-,6+,7+/m0/s1. The van der Waals surface area contributed by atoms with Crippen molar-refractivity contribution in [3.63, 3.8) is 0 Å². The number of hydrogen-bond acceptors (Lipinski definition) is 5. The average Bonchev–Trinajstić information content (AvgIpc) is 2.21. The molecule has 7 heteroatoms. The van der Waals surface area contributed by atoms with Crippen molar-refractivity contribution < 1.29 is 23.5 Å². The monoisotopic (exact) mass is 285 g/mol. The second-order valence-corrected chi connectivity index (χ2v) is 4.04. The van der Waals surface area contributed by atoms with Gasteiger partial charge in [0.25, 0.3) is 0 Å². The van der Waals surface area contributed by atoms with Crippen LogP contribution in [0.25, 0.3) is 0 Å². The van der Waals surface area contributed by atoms with Gasteiger partial charge in [0, 0.05) is 0 Å². The molecular weight excluding hydrogens is 273 g/mol. The molecule has 0 aromatic rings. The summed E-state index contributed by atoms with van der Waals surface area (Å²) in [7, 11) is 2.44. The van der Waals surface area contributed by atoms with Gasteiger partial charge in [0.15, 0.2) is 12.3 Å². The summed E-state index contributed by atoms with van der Waals surface area (Å²) in [6, 6.07) is 0. The Labute approximate surface area is 95.7 Å². The molecule has 0 saturated carbocycles. The van der Waals surface area contributed by atoms with Crippen LogP contribution in [0.15, 0.2) is 5.16 Å². The molecule has 0 aromatic heterocycles. The molecule has 0 bridgehead atoms. The van der Waals surface area contributed by atoms with E-state index in [-0.39, 0.29) is 4.83 Å². The molecule has 0 unspecified atom stereocenters. The fraction of sp³-hybridized carbons (Fsp3) is 0.750. The third-order valence-electron chi connectivity index (χ3n) is 1.47. The fourth-order valence-corrected chi connectivity index (χ4v) is 1.17. The molecule has 0 aliphatic rings. The lowest BCUT2D eigenvalue weighted by Crippen LogP contribution is -2.35. The molecule has 0 spiro atoms. The number of ether oxygens (including phenoxy) is 2. The lowest BCUT2D eigenvalue weighted by Gasteiger charge is -2.20. The van der Waals surface area contributed by atoms with Crippen molar-refractivity contribution in [2.24, 2.45) is 5.16 Å². The first kappa shape index (κ1) is 14.2. The van der Waals surface area contributed by atoms with E-state index in [1.807, 2.05) is 0 Å². The zero-order valence-corrected chi connectivity index (χ0v) is 10.2. The van der Waals surface area contributed by atoms with E-state index in [2.05, 4.69) is 30.7 Å². The molecule has 15 heavy (non-hydrogen) atoms. The van der Waals surface area contributed by atoms with Crippen LogP contribution < -0.4 is 0 Å². The highest BCUT2D eigenvalue weighted by Gasteiger charge is 2.28. The summed E-state index contributed by atoms with van der Waals surface area (Å²) in [6.45, 7) is 1.64. The molecule has 3 atom stereocenters. The molecule has 0 N–H and O–H groups in total. The number of methoxy groups -OCH3 is 1. The second kappa shape index (κ2) is 7.44. The van der Waals surface area contributed by atoms with E-state index >= 15 is 0 Å². The number of carbonyl (C=O) groups excluding carboxylic acids is 1. The number of rotatable bonds is 5. The van der Waals surface area contributed by atoms with Gasteiger partial charge >= 0.3 is 6.16 Å². The third-order valence-corrected chi connectivity index (χ3v) is 2.00. The predicted octanol–water partition coefficient (Wildman–Crippen LogP) is 1.89. The Morgan fingerprint density at radius 3 is 2.53 bits per heavy atom. The average molecular weight is 286 g/mol. The number of halogens is 2. The minimum absolute atomic E-state index is 0.380. The van der Waals surface area contributed by atoms with Gasteiger partial charge in [0.05, 0.1) is 18.2 Å². The molecule has 0 saturated heterocycles. The Morgan fingerprint density at radius 2 is 2.13 bits per heavy atom. The van der Waals surface area contributed by atoms with E-state index in [1.165, 1.54) is 7.11 Å². The number of alkyl halides is 2. The highest BCUT2D eigenvalue weighted by molar-refractivity contribution is 9.09. The SMILES string of the molecule is CO/N=C/[C@@H](F)[C@H](OC(=O)OC)[C@H](C)Br. The van der Waals surface area contributed by atoms with Crippen LogP contribution in [0.5, 0.6) is 0 Å². The topological polar surface area (TPSA) is 57.1 Å². The Morgan fingerprint density at radius 1 is 1.53 bits per heavy atom. The number of oxime groups is 1. The fourth-order valence-electron chi connectivity index (χ4n) is 0.775. The summed E-state index contributed by atoms with van der Waals surface area (Å²) >= 11 is 3.12. The molecule has 0 heterocycles. The molecule has 0 aromatic carbocycles. The number of carbonyl (C=O) groups is 1. The maximum Gasteiger partial charge on any atom is 0.508 e. The number of nitrogens with zero attached hydrogens (tertiary/aromatic N) is 1. The molecule has 0 aliphatic carbocycles. The van der Waals surface area contributed by atoms with Gasteiger partial charge in [-0.1, -0.05) is 21.1 Å². The molecule has 0 fully saturated rings. The Hall–Kier alpha value is -0.850. The van der Waals surface area contributed by atoms with Crippen molar-refractivity contribution in [2.75, 3.05) is 14.2 Å². The highest BCUT2D eigenvalue weighted by Crippen LogP contribution is 2.15. The van der Waals surface area contributed by atoms with E-state index in [4.69, 9.17) is 4.74 Å². The van der Waals surface area contributed by atoms with Gasteiger partial charge in [-0.3, -0.25) is 0 Å². The Kier molecular flexibility index (Phi) is 7.02. The summed E-state index contributed by atoms with van der Waals surface area (Å²) in [5, 5.41) is 3.26. The summed E-state index contributed by atoms with van der Waals surface area (Å²) in [5.41, 5.74) is 0. The summed E-state index contributed by atoms with van der Waals surface area (Å²) in [5.74, 6) is 0. The normalized spacial score (nSPS) is 16.9. The van der Waals surface area contributed by atoms with Crippen LogP contribution >= 0.6 is 15.9 Å². The molecule has 88 valence electrons. The maximum atomic E-state index is 13.4. The van der Waals surface area contributed by atoms with Gasteiger partial charge < -0.3 is 14.3 Å². The molecule has 5 nitrogen and oxygen atoms in total. The van der Waals surface area contributed by atoms with E-state index < -0.39 is 18.4 Å². The Bertz CT molecular complexity index is 225. The van der Waals surface area contributed by atoms with E-state index in [1.54, 1.807) is 6.92 Å². The van der Waals surface area contributed by atoms with Crippen molar-refractivity contribution in [2.45, 2.75) is 24.0 Å². The first-order chi connectivity index (χ1) is 7.02. The van der Waals surface area contributed by atoms with Gasteiger partial charge in [-0.05, 0) is 6.92 Å². The van der Waals surface area contributed by atoms with Crippen molar-refractivity contribution in [3.8, 4) is 0 Å². The van der Waals surface area contributed by atoms with Crippen LogP contribution in [0.2, 0.25) is 0 Å². The maximum absolute atomic E-state index is 13.4. The van der Waals surface area contributed by atoms with Gasteiger partial charge in [-0.15, -0.1) is 0 Å². The molecular formula is C8H13BrFNO4. The van der Waals surface area contributed by atoms with Gasteiger partial charge in [-0.2, -0.15) is 0 Å². The summed E-state index contributed by atoms with van der Waals surface area (Å²) in [4.78, 5) is 14.7. The molecule has 0 amide bonds. The van der Waals surface area contributed by atoms with E-state index in [0.29, 0.717) is 0 Å². The van der Waals surface area contributed by atoms with E-state index in [0.717, 1.165) is 13.3 Å². The highest BCUT2D eigenvalue weighted by atomic mass is 79.9. The lowest BCUT2D eigenvalue weighted by molar-refractivity contribution is 0.0189. The zero-order chi connectivity index (χ0) is 11.8. The Balaban J connectivity index is 4.37. The molecule has 0 rings (SSSR count). The first-order valence-corrected chi connectivity index (χ1v) is 5.03. The van der Waals surface area contributed by atoms with Crippen molar-refractivity contribution in [3.05, 3.63) is 0 Å². The third kappa shape index (κ3) is 5.56. The smallest absolute Gasteiger partial charge is 0.438 e. The predicted molar refractivity (Wildman–Crippen MR) is 56.1 cm³/mol. The minimum Gasteiger partial charge on any atom is -0.438 e. The number of hydrogen-bond donors (Lipinski definition) is 0. The van der Waals surface area contributed by atoms with Crippen molar-refractivity contribution >= 4 is 28.3 Å². The largest absolute Gasteiger partial charge is 0.508 e. The summed E-state index contributed by atoms with van der Waals surface area (Å²) < 4.78 is 22.4. The van der Waals surface area contributed by atoms with Gasteiger partial charge in [0.2, 0.25) is 0 Å². The quantitative estimate of drug-likeness (QED) is 0.335. The molecule has 0 radical (unpaired) electrons. The molecule has 0 aliphatic heterocycles. The van der Waals surface area contributed by atoms with Crippen LogP contribution in [0.4, 0.5) is 9.18 Å². The minimum atomic E-state index is -1.57. The van der Waals surface area contributed by atoms with E-state index in [9.17, 15) is 9.18 Å².